The van der Waals surface area contributed by atoms with E-state index >= 15 is 0 Å². The molecule has 160 valence electrons. The molecule has 4 nitrogen and oxygen atoms in total. The summed E-state index contributed by atoms with van der Waals surface area (Å²) in [5.41, 5.74) is 3.62. The summed E-state index contributed by atoms with van der Waals surface area (Å²) in [6.07, 6.45) is 0. The summed E-state index contributed by atoms with van der Waals surface area (Å²) in [6, 6.07) is 34.8. The van der Waals surface area contributed by atoms with E-state index in [0.717, 1.165) is 37.9 Å². The summed E-state index contributed by atoms with van der Waals surface area (Å²) >= 11 is 1.70. The van der Waals surface area contributed by atoms with Gasteiger partial charge in [0, 0.05) is 26.6 Å². The molecule has 0 saturated carbocycles. The van der Waals surface area contributed by atoms with Gasteiger partial charge in [-0.2, -0.15) is 0 Å². The summed E-state index contributed by atoms with van der Waals surface area (Å²) in [6.45, 7) is 0. The van der Waals surface area contributed by atoms with Gasteiger partial charge in [0.15, 0.2) is 17.5 Å². The predicted octanol–water partition coefficient (Wildman–Crippen LogP) is 7.99. The molecule has 0 bridgehead atoms. The molecule has 0 N–H and O–H groups in total. The van der Waals surface area contributed by atoms with E-state index < -0.39 is 0 Å². The molecular weight excluding hydrogens is 438 g/mol. The highest BCUT2D eigenvalue weighted by molar-refractivity contribution is 7.22. The van der Waals surface area contributed by atoms with Gasteiger partial charge in [0.05, 0.1) is 4.88 Å². The number of furan rings is 1. The van der Waals surface area contributed by atoms with Crippen molar-refractivity contribution in [2.45, 2.75) is 0 Å². The van der Waals surface area contributed by atoms with Gasteiger partial charge in [-0.15, -0.1) is 11.3 Å². The lowest BCUT2D eigenvalue weighted by molar-refractivity contribution is 0.669. The second kappa shape index (κ2) is 7.61. The molecule has 0 saturated heterocycles. The normalized spacial score (nSPS) is 11.5. The predicted molar refractivity (Wildman–Crippen MR) is 139 cm³/mol. The van der Waals surface area contributed by atoms with Gasteiger partial charge < -0.3 is 4.42 Å². The van der Waals surface area contributed by atoms with Crippen LogP contribution in [0.3, 0.4) is 0 Å². The Morgan fingerprint density at radius 3 is 2.12 bits per heavy atom. The topological polar surface area (TPSA) is 51.8 Å². The third-order valence-corrected chi connectivity index (χ3v) is 7.06. The second-order valence-electron chi connectivity index (χ2n) is 8.13. The van der Waals surface area contributed by atoms with Gasteiger partial charge in [0.25, 0.3) is 0 Å². The lowest BCUT2D eigenvalue weighted by Gasteiger charge is -2.07. The first-order valence-corrected chi connectivity index (χ1v) is 11.9. The maximum Gasteiger partial charge on any atom is 0.174 e. The number of thiophene rings is 1. The number of rotatable bonds is 3. The minimum atomic E-state index is 0.647. The maximum absolute atomic E-state index is 6.01. The fraction of sp³-hybridized carbons (Fsp3) is 0. The average Bonchev–Trinajstić information content (AvgIpc) is 3.50. The minimum absolute atomic E-state index is 0.647. The summed E-state index contributed by atoms with van der Waals surface area (Å²) in [4.78, 5) is 15.7. The van der Waals surface area contributed by atoms with Crippen molar-refractivity contribution in [3.63, 3.8) is 0 Å². The Morgan fingerprint density at radius 1 is 0.529 bits per heavy atom. The Hall–Kier alpha value is -4.35. The standard InChI is InChI=1S/C29H17N3OS/c1-2-8-18(9-3-1)27-30-28(32-29(31-27)26-17-19-10-4-7-13-25(19)34-26)20-14-15-24-22(16-20)21-11-5-6-12-23(21)33-24/h1-17H. The van der Waals surface area contributed by atoms with Crippen molar-refractivity contribution < 1.29 is 4.42 Å². The van der Waals surface area contributed by atoms with E-state index in [2.05, 4.69) is 42.5 Å². The van der Waals surface area contributed by atoms with Crippen molar-refractivity contribution in [3.8, 4) is 33.5 Å². The van der Waals surface area contributed by atoms with Gasteiger partial charge in [-0.25, -0.2) is 15.0 Å². The number of para-hydroxylation sites is 1. The van der Waals surface area contributed by atoms with Crippen LogP contribution in [-0.4, -0.2) is 15.0 Å². The fourth-order valence-electron chi connectivity index (χ4n) is 4.29. The van der Waals surface area contributed by atoms with Crippen LogP contribution >= 0.6 is 11.3 Å². The Kier molecular flexibility index (Phi) is 4.29. The van der Waals surface area contributed by atoms with Crippen molar-refractivity contribution in [2.24, 2.45) is 0 Å². The molecule has 7 rings (SSSR count). The molecule has 3 heterocycles. The Morgan fingerprint density at radius 2 is 1.24 bits per heavy atom. The van der Waals surface area contributed by atoms with Crippen LogP contribution in [0.5, 0.6) is 0 Å². The molecule has 5 heteroatoms. The Labute approximate surface area is 199 Å². The molecule has 34 heavy (non-hydrogen) atoms. The average molecular weight is 456 g/mol. The number of nitrogens with zero attached hydrogens (tertiary/aromatic N) is 3. The van der Waals surface area contributed by atoms with E-state index in [1.165, 1.54) is 10.1 Å². The first-order chi connectivity index (χ1) is 16.8. The zero-order valence-electron chi connectivity index (χ0n) is 18.0. The molecule has 0 atom stereocenters. The second-order valence-corrected chi connectivity index (χ2v) is 9.21. The Balaban J connectivity index is 1.45. The molecule has 0 aliphatic rings. The third-order valence-electron chi connectivity index (χ3n) is 5.95. The highest BCUT2D eigenvalue weighted by atomic mass is 32.1. The van der Waals surface area contributed by atoms with Gasteiger partial charge >= 0.3 is 0 Å². The van der Waals surface area contributed by atoms with Crippen LogP contribution < -0.4 is 0 Å². The number of hydrogen-bond acceptors (Lipinski definition) is 5. The summed E-state index contributed by atoms with van der Waals surface area (Å²) in [5.74, 6) is 1.99. The van der Waals surface area contributed by atoms with Gasteiger partial charge in [-0.05, 0) is 41.8 Å². The quantitative estimate of drug-likeness (QED) is 0.271. The van der Waals surface area contributed by atoms with E-state index in [4.69, 9.17) is 19.4 Å². The third kappa shape index (κ3) is 3.17. The van der Waals surface area contributed by atoms with E-state index in [-0.39, 0.29) is 0 Å². The first-order valence-electron chi connectivity index (χ1n) is 11.0. The molecule has 0 fully saturated rings. The van der Waals surface area contributed by atoms with Crippen molar-refractivity contribution in [1.82, 2.24) is 15.0 Å². The highest BCUT2D eigenvalue weighted by Gasteiger charge is 2.15. The van der Waals surface area contributed by atoms with Crippen molar-refractivity contribution >= 4 is 43.4 Å². The minimum Gasteiger partial charge on any atom is -0.456 e. The van der Waals surface area contributed by atoms with Gasteiger partial charge in [-0.3, -0.25) is 0 Å². The zero-order chi connectivity index (χ0) is 22.5. The fourth-order valence-corrected chi connectivity index (χ4v) is 5.29. The maximum atomic E-state index is 6.01. The monoisotopic (exact) mass is 455 g/mol. The summed E-state index contributed by atoms with van der Waals surface area (Å²) < 4.78 is 7.23. The van der Waals surface area contributed by atoms with Crippen molar-refractivity contribution in [3.05, 3.63) is 103 Å². The molecule has 4 aromatic carbocycles. The van der Waals surface area contributed by atoms with Gasteiger partial charge in [0.1, 0.15) is 11.2 Å². The van der Waals surface area contributed by atoms with Crippen molar-refractivity contribution in [1.29, 1.82) is 0 Å². The molecule has 0 radical (unpaired) electrons. The van der Waals surface area contributed by atoms with Crippen molar-refractivity contribution in [2.75, 3.05) is 0 Å². The van der Waals surface area contributed by atoms with Crippen LogP contribution in [0.2, 0.25) is 0 Å². The van der Waals surface area contributed by atoms with E-state index in [1.54, 1.807) is 11.3 Å². The largest absolute Gasteiger partial charge is 0.456 e. The lowest BCUT2D eigenvalue weighted by atomic mass is 10.1. The molecule has 0 aliphatic heterocycles. The molecule has 0 unspecified atom stereocenters. The molecule has 0 aliphatic carbocycles. The van der Waals surface area contributed by atoms with Crippen LogP contribution in [0.15, 0.2) is 108 Å². The van der Waals surface area contributed by atoms with Crippen LogP contribution in [0, 0.1) is 0 Å². The number of fused-ring (bicyclic) bond motifs is 4. The SMILES string of the molecule is c1ccc(-c2nc(-c3ccc4oc5ccccc5c4c3)nc(-c3cc4ccccc4s3)n2)cc1. The van der Waals surface area contributed by atoms with Crippen LogP contribution in [0.25, 0.3) is 65.5 Å². The number of hydrogen-bond donors (Lipinski definition) is 0. The molecule has 0 amide bonds. The van der Waals surface area contributed by atoms with Crippen LogP contribution in [0.4, 0.5) is 0 Å². The van der Waals surface area contributed by atoms with Crippen LogP contribution in [0.1, 0.15) is 0 Å². The van der Waals surface area contributed by atoms with Gasteiger partial charge in [-0.1, -0.05) is 66.7 Å². The Bertz CT molecular complexity index is 1790. The van der Waals surface area contributed by atoms with E-state index in [1.807, 2.05) is 60.7 Å². The van der Waals surface area contributed by atoms with Crippen LogP contribution in [-0.2, 0) is 0 Å². The first kappa shape index (κ1) is 19.1. The number of benzene rings is 4. The molecular formula is C29H17N3OS. The smallest absolute Gasteiger partial charge is 0.174 e. The van der Waals surface area contributed by atoms with E-state index in [9.17, 15) is 0 Å². The zero-order valence-corrected chi connectivity index (χ0v) is 18.8. The molecule has 0 spiro atoms. The summed E-state index contributed by atoms with van der Waals surface area (Å²) in [5, 5.41) is 3.33. The summed E-state index contributed by atoms with van der Waals surface area (Å²) in [7, 11) is 0. The molecule has 7 aromatic rings. The molecule has 3 aromatic heterocycles. The highest BCUT2D eigenvalue weighted by Crippen LogP contribution is 2.35. The lowest BCUT2D eigenvalue weighted by Crippen LogP contribution is -1.99. The van der Waals surface area contributed by atoms with E-state index in [0.29, 0.717) is 17.5 Å². The number of aromatic nitrogens is 3. The van der Waals surface area contributed by atoms with Gasteiger partial charge in [0.2, 0.25) is 0 Å².